The van der Waals surface area contributed by atoms with Gasteiger partial charge in [-0.1, -0.05) is 18.2 Å². The number of nitrogens with zero attached hydrogens (tertiary/aromatic N) is 2. The first-order valence-corrected chi connectivity index (χ1v) is 21.8. The molecule has 16 heteroatoms. The Hall–Kier alpha value is -1.78. The molecule has 0 N–H and O–H groups in total. The molecule has 0 bridgehead atoms. The van der Waals surface area contributed by atoms with Gasteiger partial charge in [-0.2, -0.15) is 0 Å². The maximum Gasteiger partial charge on any atom is 2.00 e. The zero-order valence-electron chi connectivity index (χ0n) is 37.2. The van der Waals surface area contributed by atoms with Crippen molar-refractivity contribution >= 4 is 23.4 Å². The Balaban J connectivity index is 0.000000259. The normalized spacial score (nSPS) is 22.6. The van der Waals surface area contributed by atoms with Gasteiger partial charge in [0.2, 0.25) is 11.8 Å². The number of benzene rings is 1. The Labute approximate surface area is 416 Å². The van der Waals surface area contributed by atoms with Crippen LogP contribution in [0.25, 0.3) is 0 Å². The van der Waals surface area contributed by atoms with Gasteiger partial charge in [-0.15, -0.1) is 0 Å². The van der Waals surface area contributed by atoms with E-state index in [9.17, 15) is 19.2 Å². The predicted molar refractivity (Wildman–Crippen MR) is 237 cm³/mol. The Morgan fingerprint density at radius 3 is 0.818 bits per heavy atom. The first-order chi connectivity index (χ1) is 31.5. The average molecular weight is 993 g/mol. The minimum absolute atomic E-state index is 0. The van der Waals surface area contributed by atoms with E-state index in [1.807, 2.05) is 77.0 Å². The summed E-state index contributed by atoms with van der Waals surface area (Å²) in [5.41, 5.74) is 1.07. The molecule has 6 fully saturated rings. The molecule has 6 aliphatic rings. The summed E-state index contributed by atoms with van der Waals surface area (Å²) >= 11 is 0. The van der Waals surface area contributed by atoms with Crippen molar-refractivity contribution in [1.29, 1.82) is 0 Å². The molecule has 2 amide bonds. The molecule has 20 radical (unpaired) electrons. The first kappa shape index (κ1) is 58.5. The number of rotatable bonds is 6. The first-order valence-electron chi connectivity index (χ1n) is 21.8. The van der Waals surface area contributed by atoms with Gasteiger partial charge < -0.3 is 47.7 Å². The van der Waals surface area contributed by atoms with Gasteiger partial charge in [-0.25, -0.2) is 0 Å². The number of amides is 2. The number of ketones is 2. The van der Waals surface area contributed by atoms with Crippen molar-refractivity contribution in [3.8, 4) is 0 Å². The summed E-state index contributed by atoms with van der Waals surface area (Å²) in [6.07, 6.45) is 29.1. The van der Waals surface area contributed by atoms with Crippen LogP contribution in [0.5, 0.6) is 0 Å². The van der Waals surface area contributed by atoms with Crippen molar-refractivity contribution in [2.75, 3.05) is 132 Å². The van der Waals surface area contributed by atoms with Crippen LogP contribution in [-0.4, -0.2) is 165 Å². The van der Waals surface area contributed by atoms with Gasteiger partial charge in [0.15, 0.2) is 11.6 Å². The molecule has 0 atom stereocenters. The van der Waals surface area contributed by atoms with Gasteiger partial charge in [0.1, 0.15) is 0 Å². The molecular weight excluding hydrogens is 932 g/mol. The smallest absolute Gasteiger partial charge is 0.377 e. The van der Waals surface area contributed by atoms with Gasteiger partial charge in [-0.3, -0.25) is 19.2 Å². The van der Waals surface area contributed by atoms with E-state index in [0.717, 1.165) is 0 Å². The third kappa shape index (κ3) is 22.3. The SMILES string of the molecule is O=C([C]1[CH][CH][CH][CH]1)N1CCOCCOCCOCCOCC1.O=C([C]1[CH][CH][CH][CH]1)N1CCOCCOCCOCCOCC1.O=C([C]1[CH][CH][CH][CH]1)c1cccc(C(=O)[C]2[CH][CH][CH][CH]2)c1.[Fe+2].[Fe+2]. The van der Waals surface area contributed by atoms with Crippen LogP contribution in [-0.2, 0) is 81.6 Å². The summed E-state index contributed by atoms with van der Waals surface area (Å²) in [7, 11) is 0. The van der Waals surface area contributed by atoms with E-state index in [0.29, 0.717) is 167 Å². The topological polar surface area (TPSA) is 149 Å². The standard InChI is InChI=1S/C18H12O2.2C16H24NO5.2Fe/c19-17(13-6-1-2-7-13)15-10-5-11-16(12-15)18(20)14-8-3-4-9-14;2*18-16(15-3-1-2-4-15)17-5-7-19-9-11-21-13-14-22-12-10-20-8-6-17;;/h1-12H;2*1-4H,5-14H2;;/q;;;2*+2. The quantitative estimate of drug-likeness (QED) is 0.304. The Kier molecular flexibility index (Phi) is 32.1. The van der Waals surface area contributed by atoms with Gasteiger partial charge >= 0.3 is 34.1 Å². The largest absolute Gasteiger partial charge is 2.00 e. The summed E-state index contributed by atoms with van der Waals surface area (Å²) in [5, 5.41) is 0. The fourth-order valence-electron chi connectivity index (χ4n) is 6.44. The van der Waals surface area contributed by atoms with Crippen LogP contribution in [0.15, 0.2) is 24.3 Å². The third-order valence-electron chi connectivity index (χ3n) is 9.88. The summed E-state index contributed by atoms with van der Waals surface area (Å²) < 4.78 is 43.5. The predicted octanol–water partition coefficient (Wildman–Crippen LogP) is 3.46. The van der Waals surface area contributed by atoms with E-state index in [1.165, 1.54) is 0 Å². The van der Waals surface area contributed by atoms with Crippen LogP contribution >= 0.6 is 0 Å². The van der Waals surface area contributed by atoms with Gasteiger partial charge in [0.25, 0.3) is 0 Å². The van der Waals surface area contributed by atoms with Crippen LogP contribution in [0, 0.1) is 126 Å². The monoisotopic (exact) mass is 992 g/mol. The number of Topliss-reactive ketones (excluding diaryl/α,β-unsaturated/α-hetero) is 2. The fourth-order valence-corrected chi connectivity index (χ4v) is 6.44. The van der Waals surface area contributed by atoms with Crippen LogP contribution in [0.1, 0.15) is 20.7 Å². The minimum Gasteiger partial charge on any atom is -0.377 e. The van der Waals surface area contributed by atoms with Gasteiger partial charge in [-0.05, 0) is 109 Å². The van der Waals surface area contributed by atoms with E-state index < -0.39 is 0 Å². The molecule has 66 heavy (non-hydrogen) atoms. The molecule has 4 aliphatic carbocycles. The maximum absolute atomic E-state index is 12.4. The average Bonchev–Trinajstić information content (AvgIpc) is 4.19. The van der Waals surface area contributed by atoms with Crippen LogP contribution in [0.2, 0.25) is 0 Å². The summed E-state index contributed by atoms with van der Waals surface area (Å²) in [6, 6.07) is 6.87. The number of carbonyl (C=O) groups excluding carboxylic acids is 4. The van der Waals surface area contributed by atoms with Crippen molar-refractivity contribution in [2.45, 2.75) is 0 Å². The molecule has 2 heterocycles. The molecule has 2 saturated heterocycles. The molecule has 7 rings (SSSR count). The molecule has 0 aromatic heterocycles. The summed E-state index contributed by atoms with van der Waals surface area (Å²) in [4.78, 5) is 52.9. The van der Waals surface area contributed by atoms with Crippen LogP contribution < -0.4 is 0 Å². The maximum atomic E-state index is 12.4. The van der Waals surface area contributed by atoms with Crippen molar-refractivity contribution in [3.05, 3.63) is 162 Å². The molecule has 1 aromatic rings. The third-order valence-corrected chi connectivity index (χ3v) is 9.88. The molecule has 4 saturated carbocycles. The summed E-state index contributed by atoms with van der Waals surface area (Å²) in [5.74, 6) is 2.57. The second-order valence-electron chi connectivity index (χ2n) is 14.4. The second-order valence-corrected chi connectivity index (χ2v) is 14.4. The Bertz CT molecular complexity index is 1330. The van der Waals surface area contributed by atoms with E-state index in [4.69, 9.17) is 37.9 Å². The molecule has 2 aliphatic heterocycles. The van der Waals surface area contributed by atoms with Crippen molar-refractivity contribution < 1.29 is 91.2 Å². The van der Waals surface area contributed by atoms with Crippen LogP contribution in [0.3, 0.4) is 0 Å². The number of ether oxygens (including phenoxy) is 8. The molecule has 0 spiro atoms. The molecular formula is C50H60Fe2N2O12+4. The molecule has 0 unspecified atom stereocenters. The van der Waals surface area contributed by atoms with E-state index in [2.05, 4.69) is 0 Å². The van der Waals surface area contributed by atoms with E-state index in [-0.39, 0.29) is 57.5 Å². The molecule has 354 valence electrons. The Morgan fingerprint density at radius 2 is 0.561 bits per heavy atom. The minimum atomic E-state index is -0.0628. The fraction of sp³-hybridized carbons (Fsp3) is 0.400. The number of hydrogen-bond acceptors (Lipinski definition) is 12. The van der Waals surface area contributed by atoms with E-state index in [1.54, 1.807) is 59.7 Å². The number of carbonyl (C=O) groups is 4. The molecule has 1 aromatic carbocycles. The van der Waals surface area contributed by atoms with Crippen molar-refractivity contribution in [1.82, 2.24) is 9.80 Å². The van der Waals surface area contributed by atoms with Gasteiger partial charge in [0, 0.05) is 37.3 Å². The van der Waals surface area contributed by atoms with Crippen molar-refractivity contribution in [3.63, 3.8) is 0 Å². The van der Waals surface area contributed by atoms with E-state index >= 15 is 0 Å². The zero-order valence-corrected chi connectivity index (χ0v) is 39.4. The second kappa shape index (κ2) is 36.2. The Morgan fingerprint density at radius 1 is 0.333 bits per heavy atom. The molecule has 14 nitrogen and oxygen atoms in total. The van der Waals surface area contributed by atoms with Gasteiger partial charge in [0.05, 0.1) is 129 Å². The van der Waals surface area contributed by atoms with Crippen molar-refractivity contribution in [2.24, 2.45) is 0 Å². The number of hydrogen-bond donors (Lipinski definition) is 0. The zero-order chi connectivity index (χ0) is 44.9. The summed E-state index contributed by atoms with van der Waals surface area (Å²) in [6.45, 7) is 10.6. The van der Waals surface area contributed by atoms with Crippen LogP contribution in [0.4, 0.5) is 0 Å².